The van der Waals surface area contributed by atoms with E-state index in [1.807, 2.05) is 0 Å². The molecule has 0 radical (unpaired) electrons. The van der Waals surface area contributed by atoms with Gasteiger partial charge in [0.2, 0.25) is 0 Å². The number of hydrogen-bond donors (Lipinski definition) is 1. The molecule has 0 amide bonds. The Labute approximate surface area is 86.9 Å². The van der Waals surface area contributed by atoms with Crippen LogP contribution in [-0.4, -0.2) is 16.1 Å². The molecule has 0 aliphatic carbocycles. The first kappa shape index (κ1) is 11.0. The molecule has 1 rings (SSSR count). The first-order chi connectivity index (χ1) is 6.54. The SMILES string of the molecule is O=C(O)c1cc(CBr)cc(C(F)F)n1. The van der Waals surface area contributed by atoms with Gasteiger partial charge in [-0.2, -0.15) is 0 Å². The van der Waals surface area contributed by atoms with Gasteiger partial charge in [-0.25, -0.2) is 18.6 Å². The average molecular weight is 266 g/mol. The minimum absolute atomic E-state index is 0.315. The number of aromatic carboxylic acids is 1. The number of carbonyl (C=O) groups is 1. The van der Waals surface area contributed by atoms with Crippen LogP contribution in [0.15, 0.2) is 12.1 Å². The van der Waals surface area contributed by atoms with Crippen molar-refractivity contribution >= 4 is 21.9 Å². The van der Waals surface area contributed by atoms with Gasteiger partial charge in [-0.1, -0.05) is 15.9 Å². The van der Waals surface area contributed by atoms with E-state index in [0.29, 0.717) is 10.9 Å². The number of aromatic nitrogens is 1. The van der Waals surface area contributed by atoms with Gasteiger partial charge >= 0.3 is 5.97 Å². The maximum atomic E-state index is 12.3. The van der Waals surface area contributed by atoms with Crippen LogP contribution < -0.4 is 0 Å². The Hall–Kier alpha value is -1.04. The van der Waals surface area contributed by atoms with Crippen molar-refractivity contribution in [3.05, 3.63) is 29.1 Å². The summed E-state index contributed by atoms with van der Waals surface area (Å²) in [5.74, 6) is -1.31. The van der Waals surface area contributed by atoms with Crippen molar-refractivity contribution in [1.29, 1.82) is 0 Å². The molecule has 0 spiro atoms. The molecule has 0 saturated heterocycles. The zero-order valence-electron chi connectivity index (χ0n) is 6.88. The van der Waals surface area contributed by atoms with E-state index in [9.17, 15) is 13.6 Å². The van der Waals surface area contributed by atoms with Gasteiger partial charge in [-0.3, -0.25) is 0 Å². The Kier molecular flexibility index (Phi) is 3.51. The molecule has 1 aromatic rings. The van der Waals surface area contributed by atoms with E-state index in [2.05, 4.69) is 20.9 Å². The summed E-state index contributed by atoms with van der Waals surface area (Å²) in [6.07, 6.45) is -2.76. The van der Waals surface area contributed by atoms with Gasteiger partial charge in [0.05, 0.1) is 0 Å². The van der Waals surface area contributed by atoms with Crippen LogP contribution in [0.3, 0.4) is 0 Å². The quantitative estimate of drug-likeness (QED) is 0.855. The zero-order chi connectivity index (χ0) is 10.7. The third-order valence-electron chi connectivity index (χ3n) is 1.50. The Morgan fingerprint density at radius 3 is 2.64 bits per heavy atom. The normalized spacial score (nSPS) is 10.6. The molecule has 1 heterocycles. The molecule has 0 fully saturated rings. The van der Waals surface area contributed by atoms with Crippen LogP contribution in [-0.2, 0) is 5.33 Å². The van der Waals surface area contributed by atoms with Crippen molar-refractivity contribution in [1.82, 2.24) is 4.98 Å². The number of hydrogen-bond acceptors (Lipinski definition) is 2. The van der Waals surface area contributed by atoms with Crippen molar-refractivity contribution in [2.75, 3.05) is 0 Å². The van der Waals surface area contributed by atoms with Crippen LogP contribution in [0.1, 0.15) is 28.2 Å². The number of halogens is 3. The smallest absolute Gasteiger partial charge is 0.354 e. The summed E-state index contributed by atoms with van der Waals surface area (Å²) in [6, 6.07) is 2.43. The molecule has 3 nitrogen and oxygen atoms in total. The monoisotopic (exact) mass is 265 g/mol. The molecule has 0 aliphatic rings. The Bertz CT molecular complexity index is 357. The van der Waals surface area contributed by atoms with E-state index in [1.165, 1.54) is 12.1 Å². The number of pyridine rings is 1. The molecule has 0 aromatic carbocycles. The van der Waals surface area contributed by atoms with Crippen LogP contribution in [0.5, 0.6) is 0 Å². The first-order valence-electron chi connectivity index (χ1n) is 3.63. The second-order valence-corrected chi connectivity index (χ2v) is 3.09. The molecule has 76 valence electrons. The number of carboxylic acid groups (broad SMARTS) is 1. The predicted octanol–water partition coefficient (Wildman–Crippen LogP) is 2.61. The Balaban J connectivity index is 3.20. The number of rotatable bonds is 3. The summed E-state index contributed by atoms with van der Waals surface area (Å²) in [5, 5.41) is 8.90. The second kappa shape index (κ2) is 4.45. The van der Waals surface area contributed by atoms with Crippen molar-refractivity contribution < 1.29 is 18.7 Å². The van der Waals surface area contributed by atoms with Crippen LogP contribution in [0, 0.1) is 0 Å². The molecular weight excluding hydrogens is 260 g/mol. The lowest BCUT2D eigenvalue weighted by atomic mass is 10.2. The van der Waals surface area contributed by atoms with Crippen molar-refractivity contribution in [3.8, 4) is 0 Å². The van der Waals surface area contributed by atoms with Crippen LogP contribution in [0.4, 0.5) is 8.78 Å². The van der Waals surface area contributed by atoms with Crippen LogP contribution >= 0.6 is 15.9 Å². The lowest BCUT2D eigenvalue weighted by Crippen LogP contribution is -2.04. The maximum absolute atomic E-state index is 12.3. The summed E-state index contributed by atoms with van der Waals surface area (Å²) in [5.41, 5.74) is -0.413. The largest absolute Gasteiger partial charge is 0.477 e. The summed E-state index contributed by atoms with van der Waals surface area (Å²) in [4.78, 5) is 13.8. The van der Waals surface area contributed by atoms with Crippen molar-refractivity contribution in [2.24, 2.45) is 0 Å². The molecule has 0 aliphatic heterocycles. The van der Waals surface area contributed by atoms with Gasteiger partial charge in [0, 0.05) is 5.33 Å². The fraction of sp³-hybridized carbons (Fsp3) is 0.250. The van der Waals surface area contributed by atoms with E-state index in [0.717, 1.165) is 0 Å². The summed E-state index contributed by atoms with van der Waals surface area (Å²) in [6.45, 7) is 0. The van der Waals surface area contributed by atoms with Crippen molar-refractivity contribution in [3.63, 3.8) is 0 Å². The van der Waals surface area contributed by atoms with Gasteiger partial charge < -0.3 is 5.11 Å². The highest BCUT2D eigenvalue weighted by molar-refractivity contribution is 9.08. The number of alkyl halides is 3. The van der Waals surface area contributed by atoms with Gasteiger partial charge in [-0.15, -0.1) is 0 Å². The average Bonchev–Trinajstić information content (AvgIpc) is 2.16. The predicted molar refractivity (Wildman–Crippen MR) is 48.8 cm³/mol. The molecule has 6 heteroatoms. The Morgan fingerprint density at radius 2 is 2.21 bits per heavy atom. The van der Waals surface area contributed by atoms with E-state index in [-0.39, 0.29) is 5.69 Å². The van der Waals surface area contributed by atoms with Crippen LogP contribution in [0.25, 0.3) is 0 Å². The fourth-order valence-corrected chi connectivity index (χ4v) is 1.23. The molecule has 0 bridgehead atoms. The van der Waals surface area contributed by atoms with Gasteiger partial charge in [-0.05, 0) is 17.7 Å². The van der Waals surface area contributed by atoms with E-state index >= 15 is 0 Å². The molecular formula is C8H6BrF2NO2. The van der Waals surface area contributed by atoms with Gasteiger partial charge in [0.15, 0.2) is 0 Å². The first-order valence-corrected chi connectivity index (χ1v) is 4.75. The Morgan fingerprint density at radius 1 is 1.57 bits per heavy atom. The van der Waals surface area contributed by atoms with E-state index in [4.69, 9.17) is 5.11 Å². The fourth-order valence-electron chi connectivity index (χ4n) is 0.909. The minimum atomic E-state index is -2.76. The molecule has 1 aromatic heterocycles. The molecule has 0 unspecified atom stereocenters. The van der Waals surface area contributed by atoms with E-state index in [1.54, 1.807) is 0 Å². The van der Waals surface area contributed by atoms with Gasteiger partial charge in [0.25, 0.3) is 6.43 Å². The number of carboxylic acids is 1. The molecule has 14 heavy (non-hydrogen) atoms. The van der Waals surface area contributed by atoms with E-state index < -0.39 is 18.1 Å². The standard InChI is InChI=1S/C8H6BrF2NO2/c9-3-4-1-5(7(10)11)12-6(2-4)8(13)14/h1-2,7H,3H2,(H,13,14). The molecule has 0 atom stereocenters. The topological polar surface area (TPSA) is 50.2 Å². The third kappa shape index (κ3) is 2.47. The second-order valence-electron chi connectivity index (χ2n) is 2.52. The lowest BCUT2D eigenvalue weighted by molar-refractivity contribution is 0.0688. The van der Waals surface area contributed by atoms with Crippen LogP contribution in [0.2, 0.25) is 0 Å². The summed E-state index contributed by atoms with van der Waals surface area (Å²) >= 11 is 3.06. The van der Waals surface area contributed by atoms with Crippen molar-refractivity contribution in [2.45, 2.75) is 11.8 Å². The lowest BCUT2D eigenvalue weighted by Gasteiger charge is -2.03. The summed E-state index contributed by atoms with van der Waals surface area (Å²) in [7, 11) is 0. The highest BCUT2D eigenvalue weighted by Gasteiger charge is 2.14. The van der Waals surface area contributed by atoms with Gasteiger partial charge in [0.1, 0.15) is 11.4 Å². The highest BCUT2D eigenvalue weighted by atomic mass is 79.9. The molecule has 0 saturated carbocycles. The third-order valence-corrected chi connectivity index (χ3v) is 2.15. The zero-order valence-corrected chi connectivity index (χ0v) is 8.46. The number of nitrogens with zero attached hydrogens (tertiary/aromatic N) is 1. The summed E-state index contributed by atoms with van der Waals surface area (Å²) < 4.78 is 24.5. The highest BCUT2D eigenvalue weighted by Crippen LogP contribution is 2.19. The maximum Gasteiger partial charge on any atom is 0.354 e. The minimum Gasteiger partial charge on any atom is -0.477 e. The molecule has 1 N–H and O–H groups in total.